The van der Waals surface area contributed by atoms with E-state index < -0.39 is 0 Å². The molecule has 1 N–H and O–H groups in total. The first-order valence-corrected chi connectivity index (χ1v) is 8.86. The van der Waals surface area contributed by atoms with Crippen LogP contribution in [0.25, 0.3) is 10.6 Å². The molecule has 2 aromatic carbocycles. The van der Waals surface area contributed by atoms with Crippen molar-refractivity contribution in [3.63, 3.8) is 0 Å². The van der Waals surface area contributed by atoms with Gasteiger partial charge in [0, 0.05) is 15.7 Å². The van der Waals surface area contributed by atoms with E-state index in [1.807, 2.05) is 25.1 Å². The van der Waals surface area contributed by atoms with E-state index in [0.717, 1.165) is 21.3 Å². The predicted molar refractivity (Wildman–Crippen MR) is 99.1 cm³/mol. The van der Waals surface area contributed by atoms with Crippen LogP contribution < -0.4 is 5.32 Å². The third-order valence-electron chi connectivity index (χ3n) is 3.53. The molecule has 0 spiro atoms. The van der Waals surface area contributed by atoms with Crippen LogP contribution in [-0.2, 0) is 0 Å². The van der Waals surface area contributed by atoms with Crippen molar-refractivity contribution in [1.29, 1.82) is 0 Å². The molecule has 1 amide bonds. The number of amides is 1. The Morgan fingerprint density at radius 2 is 1.88 bits per heavy atom. The molecule has 0 saturated heterocycles. The monoisotopic (exact) mass is 404 g/mol. The highest BCUT2D eigenvalue weighted by Crippen LogP contribution is 2.29. The molecule has 0 radical (unpaired) electrons. The van der Waals surface area contributed by atoms with Crippen molar-refractivity contribution >= 4 is 38.9 Å². The minimum absolute atomic E-state index is 0.191. The van der Waals surface area contributed by atoms with Crippen molar-refractivity contribution in [3.05, 3.63) is 68.9 Å². The summed E-state index contributed by atoms with van der Waals surface area (Å²) in [6, 6.07) is 11.8. The van der Waals surface area contributed by atoms with E-state index >= 15 is 0 Å². The Morgan fingerprint density at radius 1 is 1.17 bits per heavy atom. The number of nitrogens with zero attached hydrogens (tertiary/aromatic N) is 1. The van der Waals surface area contributed by atoms with E-state index in [-0.39, 0.29) is 11.7 Å². The summed E-state index contributed by atoms with van der Waals surface area (Å²) in [6.45, 7) is 3.73. The maximum Gasteiger partial charge on any atom is 0.267 e. The standard InChI is InChI=1S/C18H14BrFN2OS/c1-10-9-13(19)5-8-15(10)22-17(23)16-11(2)21-18(24-16)12-3-6-14(20)7-4-12/h3-9H,1-2H3,(H,22,23). The Morgan fingerprint density at radius 3 is 2.54 bits per heavy atom. The Bertz CT molecular complexity index is 906. The summed E-state index contributed by atoms with van der Waals surface area (Å²) in [7, 11) is 0. The molecule has 0 fully saturated rings. The fourth-order valence-corrected chi connectivity index (χ4v) is 3.71. The van der Waals surface area contributed by atoms with Crippen molar-refractivity contribution in [1.82, 2.24) is 4.98 Å². The van der Waals surface area contributed by atoms with Crippen LogP contribution in [0.3, 0.4) is 0 Å². The van der Waals surface area contributed by atoms with Gasteiger partial charge in [0.1, 0.15) is 15.7 Å². The van der Waals surface area contributed by atoms with Crippen LogP contribution >= 0.6 is 27.3 Å². The molecule has 122 valence electrons. The van der Waals surface area contributed by atoms with Crippen LogP contribution in [0.1, 0.15) is 20.9 Å². The number of aryl methyl sites for hydroxylation is 2. The lowest BCUT2D eigenvalue weighted by Gasteiger charge is -2.07. The average molecular weight is 405 g/mol. The van der Waals surface area contributed by atoms with Crippen LogP contribution in [0, 0.1) is 19.7 Å². The SMILES string of the molecule is Cc1cc(Br)ccc1NC(=O)c1sc(-c2ccc(F)cc2)nc1C. The number of carbonyl (C=O) groups excluding carboxylic acids is 1. The summed E-state index contributed by atoms with van der Waals surface area (Å²) in [6.07, 6.45) is 0. The fraction of sp³-hybridized carbons (Fsp3) is 0.111. The fourth-order valence-electron chi connectivity index (χ4n) is 2.27. The first-order chi connectivity index (χ1) is 11.4. The maximum atomic E-state index is 13.0. The summed E-state index contributed by atoms with van der Waals surface area (Å²) in [4.78, 5) is 17.5. The van der Waals surface area contributed by atoms with Crippen LogP contribution in [-0.4, -0.2) is 10.9 Å². The number of thiazole rings is 1. The number of hydrogen-bond acceptors (Lipinski definition) is 3. The largest absolute Gasteiger partial charge is 0.321 e. The molecule has 3 nitrogen and oxygen atoms in total. The maximum absolute atomic E-state index is 13.0. The molecule has 0 aliphatic rings. The molecular formula is C18H14BrFN2OS. The molecular weight excluding hydrogens is 391 g/mol. The summed E-state index contributed by atoms with van der Waals surface area (Å²) < 4.78 is 14.0. The van der Waals surface area contributed by atoms with Crippen LogP contribution in [0.15, 0.2) is 46.9 Å². The summed E-state index contributed by atoms with van der Waals surface area (Å²) in [5.74, 6) is -0.487. The Balaban J connectivity index is 1.86. The van der Waals surface area contributed by atoms with E-state index in [4.69, 9.17) is 0 Å². The van der Waals surface area contributed by atoms with Gasteiger partial charge in [0.05, 0.1) is 5.69 Å². The van der Waals surface area contributed by atoms with E-state index in [0.29, 0.717) is 15.6 Å². The summed E-state index contributed by atoms with van der Waals surface area (Å²) in [5, 5.41) is 3.62. The van der Waals surface area contributed by atoms with Crippen LogP contribution in [0.4, 0.5) is 10.1 Å². The molecule has 6 heteroatoms. The minimum Gasteiger partial charge on any atom is -0.321 e. The summed E-state index contributed by atoms with van der Waals surface area (Å²) in [5.41, 5.74) is 3.19. The number of hydrogen-bond donors (Lipinski definition) is 1. The van der Waals surface area contributed by atoms with Crippen LogP contribution in [0.5, 0.6) is 0 Å². The minimum atomic E-state index is -0.296. The van der Waals surface area contributed by atoms with Gasteiger partial charge in [-0.1, -0.05) is 15.9 Å². The average Bonchev–Trinajstić information content (AvgIpc) is 2.93. The molecule has 0 unspecified atom stereocenters. The van der Waals surface area contributed by atoms with Gasteiger partial charge < -0.3 is 5.32 Å². The van der Waals surface area contributed by atoms with Crippen molar-refractivity contribution < 1.29 is 9.18 Å². The van der Waals surface area contributed by atoms with E-state index in [1.54, 1.807) is 19.1 Å². The van der Waals surface area contributed by atoms with Gasteiger partial charge in [0.15, 0.2) is 0 Å². The Labute approximate surface area is 151 Å². The number of aromatic nitrogens is 1. The first kappa shape index (κ1) is 16.8. The molecule has 3 aromatic rings. The second kappa shape index (κ2) is 6.83. The normalized spacial score (nSPS) is 10.7. The van der Waals surface area contributed by atoms with Gasteiger partial charge in [-0.2, -0.15) is 0 Å². The van der Waals surface area contributed by atoms with Crippen molar-refractivity contribution in [3.8, 4) is 10.6 Å². The van der Waals surface area contributed by atoms with Gasteiger partial charge in [0.25, 0.3) is 5.91 Å². The molecule has 0 atom stereocenters. The lowest BCUT2D eigenvalue weighted by molar-refractivity contribution is 0.102. The van der Waals surface area contributed by atoms with Gasteiger partial charge in [-0.05, 0) is 61.9 Å². The molecule has 0 bridgehead atoms. The summed E-state index contributed by atoms with van der Waals surface area (Å²) >= 11 is 4.71. The zero-order chi connectivity index (χ0) is 17.3. The van der Waals surface area contributed by atoms with Gasteiger partial charge in [-0.25, -0.2) is 9.37 Å². The topological polar surface area (TPSA) is 42.0 Å². The Kier molecular flexibility index (Phi) is 4.78. The molecule has 0 aliphatic carbocycles. The lowest BCUT2D eigenvalue weighted by Crippen LogP contribution is -2.12. The lowest BCUT2D eigenvalue weighted by atomic mass is 10.2. The predicted octanol–water partition coefficient (Wildman–Crippen LogP) is 5.58. The Hall–Kier alpha value is -2.05. The second-order valence-electron chi connectivity index (χ2n) is 5.35. The molecule has 0 saturated carbocycles. The molecule has 1 heterocycles. The van der Waals surface area contributed by atoms with E-state index in [9.17, 15) is 9.18 Å². The number of nitrogens with one attached hydrogen (secondary N) is 1. The third kappa shape index (κ3) is 3.55. The van der Waals surface area contributed by atoms with E-state index in [1.165, 1.54) is 23.5 Å². The van der Waals surface area contributed by atoms with Crippen LogP contribution in [0.2, 0.25) is 0 Å². The van der Waals surface area contributed by atoms with Gasteiger partial charge in [-0.3, -0.25) is 4.79 Å². The highest BCUT2D eigenvalue weighted by atomic mass is 79.9. The number of carbonyl (C=O) groups is 1. The van der Waals surface area contributed by atoms with Crippen molar-refractivity contribution in [2.75, 3.05) is 5.32 Å². The number of halogens is 2. The smallest absolute Gasteiger partial charge is 0.267 e. The highest BCUT2D eigenvalue weighted by molar-refractivity contribution is 9.10. The van der Waals surface area contributed by atoms with Gasteiger partial charge in [-0.15, -0.1) is 11.3 Å². The number of anilines is 1. The van der Waals surface area contributed by atoms with Crippen molar-refractivity contribution in [2.45, 2.75) is 13.8 Å². The third-order valence-corrected chi connectivity index (χ3v) is 5.23. The van der Waals surface area contributed by atoms with Crippen molar-refractivity contribution in [2.24, 2.45) is 0 Å². The van der Waals surface area contributed by atoms with Gasteiger partial charge in [0.2, 0.25) is 0 Å². The van der Waals surface area contributed by atoms with Gasteiger partial charge >= 0.3 is 0 Å². The zero-order valence-corrected chi connectivity index (χ0v) is 15.5. The number of benzene rings is 2. The first-order valence-electron chi connectivity index (χ1n) is 7.25. The zero-order valence-electron chi connectivity index (χ0n) is 13.1. The second-order valence-corrected chi connectivity index (χ2v) is 7.27. The molecule has 0 aliphatic heterocycles. The quantitative estimate of drug-likeness (QED) is 0.618. The molecule has 3 rings (SSSR count). The molecule has 1 aromatic heterocycles. The van der Waals surface area contributed by atoms with E-state index in [2.05, 4.69) is 26.2 Å². The molecule has 24 heavy (non-hydrogen) atoms. The number of rotatable bonds is 3. The highest BCUT2D eigenvalue weighted by Gasteiger charge is 2.17.